The van der Waals surface area contributed by atoms with Crippen LogP contribution in [0.25, 0.3) is 0 Å². The molecule has 0 aliphatic heterocycles. The SMILES string of the molecule is CC(C)C[C@H](NS(=O)(=O)c1ccc(N(C)C)nc1)C(=O)O. The summed E-state index contributed by atoms with van der Waals surface area (Å²) in [5.74, 6) is -0.515. The van der Waals surface area contributed by atoms with E-state index >= 15 is 0 Å². The van der Waals surface area contributed by atoms with E-state index in [-0.39, 0.29) is 17.2 Å². The molecule has 1 aromatic rings. The second-order valence-electron chi connectivity index (χ2n) is 5.39. The highest BCUT2D eigenvalue weighted by Crippen LogP contribution is 2.14. The second kappa shape index (κ2) is 6.86. The Morgan fingerprint density at radius 1 is 1.38 bits per heavy atom. The number of carboxylic acids is 1. The van der Waals surface area contributed by atoms with E-state index in [4.69, 9.17) is 5.11 Å². The van der Waals surface area contributed by atoms with Crippen LogP contribution < -0.4 is 9.62 Å². The number of hydrogen-bond donors (Lipinski definition) is 2. The Kier molecular flexibility index (Phi) is 5.68. The summed E-state index contributed by atoms with van der Waals surface area (Å²) in [5, 5.41) is 9.10. The summed E-state index contributed by atoms with van der Waals surface area (Å²) in [7, 11) is -0.325. The van der Waals surface area contributed by atoms with Gasteiger partial charge < -0.3 is 10.0 Å². The van der Waals surface area contributed by atoms with Crippen LogP contribution in [-0.4, -0.2) is 44.6 Å². The van der Waals surface area contributed by atoms with Gasteiger partial charge in [-0.2, -0.15) is 4.72 Å². The first-order valence-electron chi connectivity index (χ1n) is 6.52. The Labute approximate surface area is 125 Å². The Morgan fingerprint density at radius 3 is 2.38 bits per heavy atom. The number of sulfonamides is 1. The topological polar surface area (TPSA) is 99.6 Å². The molecule has 0 fully saturated rings. The van der Waals surface area contributed by atoms with Gasteiger partial charge in [0.05, 0.1) is 0 Å². The van der Waals surface area contributed by atoms with Crippen LogP contribution in [0.3, 0.4) is 0 Å². The summed E-state index contributed by atoms with van der Waals surface area (Å²) >= 11 is 0. The highest BCUT2D eigenvalue weighted by Gasteiger charge is 2.26. The molecule has 0 aliphatic rings. The molecule has 0 amide bonds. The lowest BCUT2D eigenvalue weighted by molar-refractivity contribution is -0.139. The molecule has 0 radical (unpaired) electrons. The molecule has 7 nitrogen and oxygen atoms in total. The number of carboxylic acid groups (broad SMARTS) is 1. The van der Waals surface area contributed by atoms with Gasteiger partial charge in [-0.15, -0.1) is 0 Å². The van der Waals surface area contributed by atoms with Gasteiger partial charge >= 0.3 is 5.97 Å². The average molecular weight is 315 g/mol. The molecule has 1 rings (SSSR count). The highest BCUT2D eigenvalue weighted by molar-refractivity contribution is 7.89. The van der Waals surface area contributed by atoms with Crippen LogP contribution in [0.5, 0.6) is 0 Å². The number of aromatic nitrogens is 1. The van der Waals surface area contributed by atoms with Crippen molar-refractivity contribution in [3.8, 4) is 0 Å². The van der Waals surface area contributed by atoms with E-state index in [2.05, 4.69) is 9.71 Å². The normalized spacial score (nSPS) is 13.2. The number of nitrogens with zero attached hydrogens (tertiary/aromatic N) is 2. The van der Waals surface area contributed by atoms with Gasteiger partial charge in [-0.3, -0.25) is 4.79 Å². The summed E-state index contributed by atoms with van der Waals surface area (Å²) in [6.07, 6.45) is 1.43. The van der Waals surface area contributed by atoms with Crippen molar-refractivity contribution in [1.82, 2.24) is 9.71 Å². The van der Waals surface area contributed by atoms with Crippen molar-refractivity contribution in [3.05, 3.63) is 18.3 Å². The van der Waals surface area contributed by atoms with Gasteiger partial charge in [0.25, 0.3) is 0 Å². The number of rotatable bonds is 7. The lowest BCUT2D eigenvalue weighted by Crippen LogP contribution is -2.41. The quantitative estimate of drug-likeness (QED) is 0.776. The van der Waals surface area contributed by atoms with Crippen molar-refractivity contribution < 1.29 is 18.3 Å². The molecule has 118 valence electrons. The third-order valence-electron chi connectivity index (χ3n) is 2.79. The summed E-state index contributed by atoms with van der Waals surface area (Å²) in [5.41, 5.74) is 0. The highest BCUT2D eigenvalue weighted by atomic mass is 32.2. The summed E-state index contributed by atoms with van der Waals surface area (Å²) < 4.78 is 26.6. The van der Waals surface area contributed by atoms with Crippen LogP contribution in [0.1, 0.15) is 20.3 Å². The van der Waals surface area contributed by atoms with Crippen molar-refractivity contribution in [2.24, 2.45) is 5.92 Å². The Bertz CT molecular complexity index is 582. The fourth-order valence-corrected chi connectivity index (χ4v) is 2.87. The maximum Gasteiger partial charge on any atom is 0.321 e. The molecule has 0 aromatic carbocycles. The predicted molar refractivity (Wildman–Crippen MR) is 79.8 cm³/mol. The molecule has 0 aliphatic carbocycles. The number of anilines is 1. The molecule has 1 heterocycles. The molecule has 0 saturated heterocycles. The lowest BCUT2D eigenvalue weighted by Gasteiger charge is -2.17. The standard InChI is InChI=1S/C13H21N3O4S/c1-9(2)7-11(13(17)18)15-21(19,20)10-5-6-12(14-8-10)16(3)4/h5-6,8-9,11,15H,7H2,1-4H3,(H,17,18)/t11-/m0/s1. The molecular weight excluding hydrogens is 294 g/mol. The largest absolute Gasteiger partial charge is 0.480 e. The zero-order chi connectivity index (χ0) is 16.2. The third-order valence-corrected chi connectivity index (χ3v) is 4.25. The number of hydrogen-bond acceptors (Lipinski definition) is 5. The number of nitrogens with one attached hydrogen (secondary N) is 1. The predicted octanol–water partition coefficient (Wildman–Crippen LogP) is 0.925. The van der Waals surface area contributed by atoms with Gasteiger partial charge in [0.15, 0.2) is 0 Å². The minimum Gasteiger partial charge on any atom is -0.480 e. The zero-order valence-electron chi connectivity index (χ0n) is 12.6. The molecule has 21 heavy (non-hydrogen) atoms. The van der Waals surface area contributed by atoms with Crippen molar-refractivity contribution in [1.29, 1.82) is 0 Å². The third kappa shape index (κ3) is 4.98. The van der Waals surface area contributed by atoms with Crippen molar-refractivity contribution in [2.45, 2.75) is 31.2 Å². The van der Waals surface area contributed by atoms with Gasteiger partial charge in [-0.25, -0.2) is 13.4 Å². The van der Waals surface area contributed by atoms with Gasteiger partial charge in [-0.1, -0.05) is 13.8 Å². The molecule has 0 bridgehead atoms. The van der Waals surface area contributed by atoms with E-state index in [1.54, 1.807) is 25.1 Å². The Balaban J connectivity index is 2.96. The zero-order valence-corrected chi connectivity index (χ0v) is 13.4. The number of pyridine rings is 1. The maximum absolute atomic E-state index is 12.2. The van der Waals surface area contributed by atoms with Crippen LogP contribution in [-0.2, 0) is 14.8 Å². The van der Waals surface area contributed by atoms with E-state index in [0.29, 0.717) is 5.82 Å². The van der Waals surface area contributed by atoms with E-state index < -0.39 is 22.0 Å². The van der Waals surface area contributed by atoms with Crippen molar-refractivity contribution in [2.75, 3.05) is 19.0 Å². The van der Waals surface area contributed by atoms with Gasteiger partial charge in [0, 0.05) is 20.3 Å². The number of aliphatic carboxylic acids is 1. The summed E-state index contributed by atoms with van der Waals surface area (Å²) in [6.45, 7) is 3.66. The van der Waals surface area contributed by atoms with Crippen LogP contribution in [0, 0.1) is 5.92 Å². The van der Waals surface area contributed by atoms with Crippen LogP contribution in [0.4, 0.5) is 5.82 Å². The van der Waals surface area contributed by atoms with Gasteiger partial charge in [-0.05, 0) is 24.5 Å². The monoisotopic (exact) mass is 315 g/mol. The van der Waals surface area contributed by atoms with E-state index in [1.165, 1.54) is 12.3 Å². The summed E-state index contributed by atoms with van der Waals surface area (Å²) in [6, 6.07) is 1.81. The Hall–Kier alpha value is -1.67. The lowest BCUT2D eigenvalue weighted by atomic mass is 10.1. The minimum atomic E-state index is -3.90. The van der Waals surface area contributed by atoms with Gasteiger partial charge in [0.2, 0.25) is 10.0 Å². The second-order valence-corrected chi connectivity index (χ2v) is 7.10. The molecule has 0 spiro atoms. The van der Waals surface area contributed by atoms with Crippen LogP contribution >= 0.6 is 0 Å². The van der Waals surface area contributed by atoms with Crippen LogP contribution in [0.2, 0.25) is 0 Å². The first kappa shape index (κ1) is 17.4. The average Bonchev–Trinajstić information content (AvgIpc) is 2.37. The molecule has 0 saturated carbocycles. The van der Waals surface area contributed by atoms with E-state index in [9.17, 15) is 13.2 Å². The minimum absolute atomic E-state index is 0.0527. The molecule has 1 atom stereocenters. The number of carbonyl (C=O) groups is 1. The Morgan fingerprint density at radius 2 is 2.00 bits per heavy atom. The molecular formula is C13H21N3O4S. The molecule has 1 aromatic heterocycles. The first-order valence-corrected chi connectivity index (χ1v) is 8.00. The maximum atomic E-state index is 12.2. The van der Waals surface area contributed by atoms with Crippen molar-refractivity contribution >= 4 is 21.8 Å². The molecule has 2 N–H and O–H groups in total. The summed E-state index contributed by atoms with van der Waals surface area (Å²) in [4.78, 5) is 16.8. The van der Waals surface area contributed by atoms with Crippen LogP contribution in [0.15, 0.2) is 23.2 Å². The van der Waals surface area contributed by atoms with Gasteiger partial charge in [0.1, 0.15) is 16.8 Å². The van der Waals surface area contributed by atoms with Crippen molar-refractivity contribution in [3.63, 3.8) is 0 Å². The fraction of sp³-hybridized carbons (Fsp3) is 0.538. The first-order chi connectivity index (χ1) is 9.63. The molecule has 0 unspecified atom stereocenters. The molecule has 8 heteroatoms. The van der Waals surface area contributed by atoms with E-state index in [1.807, 2.05) is 13.8 Å². The fourth-order valence-electron chi connectivity index (χ4n) is 1.72. The van der Waals surface area contributed by atoms with E-state index in [0.717, 1.165) is 0 Å². The smallest absolute Gasteiger partial charge is 0.321 e.